The average molecular weight is 343 g/mol. The van der Waals surface area contributed by atoms with Crippen LogP contribution in [0.2, 0.25) is 0 Å². The number of carbonyl (C=O) groups is 1. The van der Waals surface area contributed by atoms with Gasteiger partial charge in [0.05, 0.1) is 11.7 Å². The first-order valence-electron chi connectivity index (χ1n) is 6.97. The summed E-state index contributed by atoms with van der Waals surface area (Å²) in [6, 6.07) is 4.40. The monoisotopic (exact) mass is 342 g/mol. The summed E-state index contributed by atoms with van der Waals surface area (Å²) >= 11 is 3.20. The van der Waals surface area contributed by atoms with Crippen molar-refractivity contribution in [3.63, 3.8) is 0 Å². The molecule has 2 atom stereocenters. The third-order valence-electron chi connectivity index (χ3n) is 3.80. The van der Waals surface area contributed by atoms with Crippen LogP contribution in [0.4, 0.5) is 10.1 Å². The van der Waals surface area contributed by atoms with Gasteiger partial charge in [-0.05, 0) is 50.4 Å². The summed E-state index contributed by atoms with van der Waals surface area (Å²) in [4.78, 5) is 14.4. The lowest BCUT2D eigenvalue weighted by Gasteiger charge is -2.34. The topological polar surface area (TPSA) is 32.3 Å². The van der Waals surface area contributed by atoms with Gasteiger partial charge in [-0.15, -0.1) is 0 Å². The zero-order valence-electron chi connectivity index (χ0n) is 11.8. The Balaban J connectivity index is 2.00. The fourth-order valence-corrected chi connectivity index (χ4v) is 2.90. The van der Waals surface area contributed by atoms with Gasteiger partial charge in [-0.2, -0.15) is 0 Å². The van der Waals surface area contributed by atoms with Gasteiger partial charge in [0.1, 0.15) is 5.82 Å². The summed E-state index contributed by atoms with van der Waals surface area (Å²) in [6.07, 6.45) is 2.33. The zero-order chi connectivity index (χ0) is 14.7. The molecule has 110 valence electrons. The van der Waals surface area contributed by atoms with Crippen LogP contribution in [-0.4, -0.2) is 29.9 Å². The number of benzene rings is 1. The molecule has 0 aromatic heterocycles. The molecule has 2 rings (SSSR count). The van der Waals surface area contributed by atoms with Crippen LogP contribution >= 0.6 is 15.9 Å². The molecule has 1 aromatic carbocycles. The first-order chi connectivity index (χ1) is 9.47. The average Bonchev–Trinajstić information content (AvgIpc) is 2.41. The first kappa shape index (κ1) is 15.4. The summed E-state index contributed by atoms with van der Waals surface area (Å²) in [5.41, 5.74) is 0.232. The largest absolute Gasteiger partial charge is 0.322 e. The van der Waals surface area contributed by atoms with E-state index in [1.165, 1.54) is 12.5 Å². The molecule has 1 N–H and O–H groups in total. The van der Waals surface area contributed by atoms with E-state index in [-0.39, 0.29) is 17.6 Å². The van der Waals surface area contributed by atoms with Crippen molar-refractivity contribution >= 4 is 27.5 Å². The lowest BCUT2D eigenvalue weighted by atomic mass is 9.99. The van der Waals surface area contributed by atoms with E-state index in [2.05, 4.69) is 33.1 Å². The molecule has 20 heavy (non-hydrogen) atoms. The van der Waals surface area contributed by atoms with Crippen molar-refractivity contribution in [1.29, 1.82) is 0 Å². The van der Waals surface area contributed by atoms with Gasteiger partial charge >= 0.3 is 0 Å². The van der Waals surface area contributed by atoms with Crippen molar-refractivity contribution in [3.8, 4) is 0 Å². The molecule has 0 bridgehead atoms. The normalized spacial score (nSPS) is 21.5. The maximum Gasteiger partial charge on any atom is 0.241 e. The minimum absolute atomic E-state index is 0.152. The number of hydrogen-bond donors (Lipinski definition) is 1. The van der Waals surface area contributed by atoms with Gasteiger partial charge in [0.15, 0.2) is 0 Å². The second kappa shape index (κ2) is 6.68. The van der Waals surface area contributed by atoms with Crippen molar-refractivity contribution in [3.05, 3.63) is 28.5 Å². The highest BCUT2D eigenvalue weighted by Crippen LogP contribution is 2.21. The molecule has 1 fully saturated rings. The van der Waals surface area contributed by atoms with E-state index in [4.69, 9.17) is 0 Å². The number of carbonyl (C=O) groups excluding carboxylic acids is 1. The van der Waals surface area contributed by atoms with Gasteiger partial charge < -0.3 is 5.32 Å². The predicted molar refractivity (Wildman–Crippen MR) is 82.2 cm³/mol. The van der Waals surface area contributed by atoms with Crippen molar-refractivity contribution < 1.29 is 9.18 Å². The third-order valence-corrected chi connectivity index (χ3v) is 4.30. The number of likely N-dealkylation sites (tertiary alicyclic amines) is 1. The minimum atomic E-state index is -0.424. The van der Waals surface area contributed by atoms with E-state index in [9.17, 15) is 9.18 Å². The second-order valence-electron chi connectivity index (χ2n) is 5.53. The van der Waals surface area contributed by atoms with Gasteiger partial charge in [-0.1, -0.05) is 22.9 Å². The number of piperidine rings is 1. The molecule has 3 nitrogen and oxygen atoms in total. The maximum absolute atomic E-state index is 13.7. The molecule has 1 aromatic rings. The molecule has 1 heterocycles. The number of anilines is 1. The summed E-state index contributed by atoms with van der Waals surface area (Å²) in [5, 5.41) is 2.67. The standard InChI is InChI=1S/C15H20BrFN2O/c1-10-4-3-7-19(9-10)11(2)15(20)18-14-6-5-12(16)8-13(14)17/h5-6,8,10-11H,3-4,7,9H2,1-2H3,(H,18,20)/t10-,11-/m0/s1. The van der Waals surface area contributed by atoms with Gasteiger partial charge in [0, 0.05) is 11.0 Å². The van der Waals surface area contributed by atoms with Crippen LogP contribution < -0.4 is 5.32 Å². The van der Waals surface area contributed by atoms with Crippen LogP contribution in [0.5, 0.6) is 0 Å². The summed E-state index contributed by atoms with van der Waals surface area (Å²) in [6.45, 7) is 5.94. The Bertz CT molecular complexity index is 495. The Labute approximate surface area is 127 Å². The highest BCUT2D eigenvalue weighted by Gasteiger charge is 2.26. The Morgan fingerprint density at radius 2 is 2.30 bits per heavy atom. The first-order valence-corrected chi connectivity index (χ1v) is 7.76. The molecule has 0 unspecified atom stereocenters. The van der Waals surface area contributed by atoms with E-state index in [1.807, 2.05) is 6.92 Å². The quantitative estimate of drug-likeness (QED) is 0.909. The number of rotatable bonds is 3. The molecular formula is C15H20BrFN2O. The van der Waals surface area contributed by atoms with Gasteiger partial charge in [0.2, 0.25) is 5.91 Å². The Morgan fingerprint density at radius 3 is 2.95 bits per heavy atom. The molecule has 0 spiro atoms. The van der Waals surface area contributed by atoms with Gasteiger partial charge in [-0.25, -0.2) is 4.39 Å². The van der Waals surface area contributed by atoms with Crippen molar-refractivity contribution in [2.24, 2.45) is 5.92 Å². The predicted octanol–water partition coefficient (Wildman–Crippen LogP) is 3.65. The summed E-state index contributed by atoms with van der Waals surface area (Å²) in [7, 11) is 0. The van der Waals surface area contributed by atoms with Gasteiger partial charge in [0.25, 0.3) is 0 Å². The maximum atomic E-state index is 13.7. The Kier molecular flexibility index (Phi) is 5.16. The van der Waals surface area contributed by atoms with Crippen LogP contribution in [-0.2, 0) is 4.79 Å². The molecule has 5 heteroatoms. The number of nitrogens with one attached hydrogen (secondary N) is 1. The fraction of sp³-hybridized carbons (Fsp3) is 0.533. The highest BCUT2D eigenvalue weighted by molar-refractivity contribution is 9.10. The fourth-order valence-electron chi connectivity index (χ4n) is 2.57. The minimum Gasteiger partial charge on any atom is -0.322 e. The van der Waals surface area contributed by atoms with Gasteiger partial charge in [-0.3, -0.25) is 9.69 Å². The van der Waals surface area contributed by atoms with Crippen LogP contribution in [0.15, 0.2) is 22.7 Å². The third kappa shape index (κ3) is 3.79. The molecule has 1 aliphatic rings. The molecular weight excluding hydrogens is 323 g/mol. The molecule has 0 aliphatic carbocycles. The molecule has 0 saturated carbocycles. The highest BCUT2D eigenvalue weighted by atomic mass is 79.9. The van der Waals surface area contributed by atoms with E-state index in [0.717, 1.165) is 19.5 Å². The van der Waals surface area contributed by atoms with E-state index in [1.54, 1.807) is 12.1 Å². The summed E-state index contributed by atoms with van der Waals surface area (Å²) in [5.74, 6) is 0.0377. The Morgan fingerprint density at radius 1 is 1.55 bits per heavy atom. The van der Waals surface area contributed by atoms with E-state index >= 15 is 0 Å². The summed E-state index contributed by atoms with van der Waals surface area (Å²) < 4.78 is 14.4. The number of amides is 1. The Hall–Kier alpha value is -0.940. The van der Waals surface area contributed by atoms with Crippen LogP contribution in [0.25, 0.3) is 0 Å². The lowest BCUT2D eigenvalue weighted by molar-refractivity contribution is -0.121. The van der Waals surface area contributed by atoms with Crippen LogP contribution in [0, 0.1) is 11.7 Å². The van der Waals surface area contributed by atoms with E-state index < -0.39 is 5.82 Å². The number of nitrogens with zero attached hydrogens (tertiary/aromatic N) is 1. The second-order valence-corrected chi connectivity index (χ2v) is 6.45. The lowest BCUT2D eigenvalue weighted by Crippen LogP contribution is -2.46. The van der Waals surface area contributed by atoms with Crippen molar-refractivity contribution in [2.45, 2.75) is 32.7 Å². The zero-order valence-corrected chi connectivity index (χ0v) is 13.4. The van der Waals surface area contributed by atoms with Crippen LogP contribution in [0.3, 0.4) is 0 Å². The van der Waals surface area contributed by atoms with E-state index in [0.29, 0.717) is 10.4 Å². The molecule has 1 aliphatic heterocycles. The van der Waals surface area contributed by atoms with Crippen molar-refractivity contribution in [1.82, 2.24) is 4.90 Å². The van der Waals surface area contributed by atoms with Crippen molar-refractivity contribution in [2.75, 3.05) is 18.4 Å². The SMILES string of the molecule is C[C@H]1CCCN([C@@H](C)C(=O)Nc2ccc(Br)cc2F)C1. The number of hydrogen-bond acceptors (Lipinski definition) is 2. The molecule has 1 amide bonds. The number of halogens is 2. The molecule has 1 saturated heterocycles. The molecule has 0 radical (unpaired) electrons. The van der Waals surface area contributed by atoms with Crippen LogP contribution in [0.1, 0.15) is 26.7 Å². The smallest absolute Gasteiger partial charge is 0.241 e.